The van der Waals surface area contributed by atoms with Gasteiger partial charge in [0.25, 0.3) is 0 Å². The molecule has 0 spiro atoms. The number of amides is 1. The molecule has 0 atom stereocenters. The molecule has 0 saturated carbocycles. The topological polar surface area (TPSA) is 55.1 Å². The normalized spacial score (nSPS) is 13.7. The standard InChI is InChI=1S/C17H18N2OS/c1-10-3-5-13(7-11(10)2)21-16-9-15-12(8-14(16)18)4-6-17(20)19-15/h3,5,7-9H,4,6,18H2,1-2H3,(H,19,20). The predicted molar refractivity (Wildman–Crippen MR) is 87.8 cm³/mol. The summed E-state index contributed by atoms with van der Waals surface area (Å²) in [6.45, 7) is 4.21. The summed E-state index contributed by atoms with van der Waals surface area (Å²) in [7, 11) is 0. The highest BCUT2D eigenvalue weighted by molar-refractivity contribution is 7.99. The Morgan fingerprint density at radius 3 is 2.67 bits per heavy atom. The molecule has 0 saturated heterocycles. The lowest BCUT2D eigenvalue weighted by Gasteiger charge is -2.19. The Balaban J connectivity index is 1.93. The molecule has 0 fully saturated rings. The lowest BCUT2D eigenvalue weighted by Crippen LogP contribution is -2.19. The van der Waals surface area contributed by atoms with Crippen molar-refractivity contribution in [3.8, 4) is 0 Å². The van der Waals surface area contributed by atoms with Gasteiger partial charge in [-0.05, 0) is 61.2 Å². The fraction of sp³-hybridized carbons (Fsp3) is 0.235. The number of nitrogens with one attached hydrogen (secondary N) is 1. The highest BCUT2D eigenvalue weighted by atomic mass is 32.2. The number of nitrogens with two attached hydrogens (primary N) is 1. The summed E-state index contributed by atoms with van der Waals surface area (Å²) in [5, 5.41) is 2.93. The molecule has 0 unspecified atom stereocenters. The van der Waals surface area contributed by atoms with E-state index in [1.165, 1.54) is 11.1 Å². The fourth-order valence-electron chi connectivity index (χ4n) is 2.42. The SMILES string of the molecule is Cc1ccc(Sc2cc3c(cc2N)CCC(=O)N3)cc1C. The number of fused-ring (bicyclic) bond motifs is 1. The molecule has 4 heteroatoms. The molecule has 2 aromatic carbocycles. The van der Waals surface area contributed by atoms with Crippen LogP contribution in [0, 0.1) is 13.8 Å². The Bertz CT molecular complexity index is 725. The summed E-state index contributed by atoms with van der Waals surface area (Å²) in [6, 6.07) is 10.4. The number of carbonyl (C=O) groups excluding carboxylic acids is 1. The minimum absolute atomic E-state index is 0.0781. The van der Waals surface area contributed by atoms with Crippen LogP contribution in [0.25, 0.3) is 0 Å². The van der Waals surface area contributed by atoms with Crippen molar-refractivity contribution in [2.24, 2.45) is 0 Å². The number of carbonyl (C=O) groups is 1. The van der Waals surface area contributed by atoms with E-state index in [0.29, 0.717) is 6.42 Å². The van der Waals surface area contributed by atoms with Crippen LogP contribution in [0.2, 0.25) is 0 Å². The first kappa shape index (κ1) is 14.0. The molecule has 1 heterocycles. The first-order chi connectivity index (χ1) is 10.0. The predicted octanol–water partition coefficient (Wildman–Crippen LogP) is 3.92. The molecule has 108 valence electrons. The van der Waals surface area contributed by atoms with Gasteiger partial charge in [0.1, 0.15) is 0 Å². The first-order valence-corrected chi connectivity index (χ1v) is 7.82. The van der Waals surface area contributed by atoms with Crippen LogP contribution in [0.3, 0.4) is 0 Å². The summed E-state index contributed by atoms with van der Waals surface area (Å²) in [5.41, 5.74) is 11.5. The second-order valence-electron chi connectivity index (χ2n) is 5.44. The number of benzene rings is 2. The summed E-state index contributed by atoms with van der Waals surface area (Å²) in [6.07, 6.45) is 1.30. The van der Waals surface area contributed by atoms with Gasteiger partial charge in [0, 0.05) is 27.6 Å². The second kappa shape index (κ2) is 5.45. The number of hydrogen-bond acceptors (Lipinski definition) is 3. The van der Waals surface area contributed by atoms with Gasteiger partial charge in [-0.3, -0.25) is 4.79 Å². The zero-order chi connectivity index (χ0) is 15.0. The van der Waals surface area contributed by atoms with Crippen LogP contribution in [0.15, 0.2) is 40.1 Å². The molecule has 2 aromatic rings. The Kier molecular flexibility index (Phi) is 3.64. The van der Waals surface area contributed by atoms with Crippen molar-refractivity contribution in [3.63, 3.8) is 0 Å². The Morgan fingerprint density at radius 2 is 1.90 bits per heavy atom. The van der Waals surface area contributed by atoms with Gasteiger partial charge in [0.2, 0.25) is 5.91 Å². The number of rotatable bonds is 2. The van der Waals surface area contributed by atoms with E-state index in [4.69, 9.17) is 5.73 Å². The number of aryl methyl sites for hydroxylation is 3. The van der Waals surface area contributed by atoms with E-state index in [-0.39, 0.29) is 5.91 Å². The number of nitrogen functional groups attached to an aromatic ring is 1. The van der Waals surface area contributed by atoms with E-state index in [2.05, 4.69) is 37.4 Å². The molecule has 1 aliphatic heterocycles. The van der Waals surface area contributed by atoms with Crippen molar-refractivity contribution in [1.82, 2.24) is 0 Å². The average molecular weight is 298 g/mol. The molecule has 1 aliphatic rings. The third-order valence-electron chi connectivity index (χ3n) is 3.84. The fourth-order valence-corrected chi connectivity index (χ4v) is 3.40. The van der Waals surface area contributed by atoms with Crippen molar-refractivity contribution in [3.05, 3.63) is 47.0 Å². The Hall–Kier alpha value is -1.94. The van der Waals surface area contributed by atoms with Crippen LogP contribution in [-0.2, 0) is 11.2 Å². The van der Waals surface area contributed by atoms with Gasteiger partial charge in [0.05, 0.1) is 0 Å². The molecule has 0 aliphatic carbocycles. The van der Waals surface area contributed by atoms with Crippen LogP contribution in [0.1, 0.15) is 23.1 Å². The number of anilines is 2. The maximum atomic E-state index is 11.5. The van der Waals surface area contributed by atoms with E-state index in [0.717, 1.165) is 33.2 Å². The molecule has 21 heavy (non-hydrogen) atoms. The molecule has 0 bridgehead atoms. The molecule has 0 radical (unpaired) electrons. The van der Waals surface area contributed by atoms with Gasteiger partial charge < -0.3 is 11.1 Å². The smallest absolute Gasteiger partial charge is 0.224 e. The van der Waals surface area contributed by atoms with Crippen LogP contribution >= 0.6 is 11.8 Å². The molecule has 3 nitrogen and oxygen atoms in total. The summed E-state index contributed by atoms with van der Waals surface area (Å²) in [5.74, 6) is 0.0781. The first-order valence-electron chi connectivity index (χ1n) is 7.00. The highest BCUT2D eigenvalue weighted by Gasteiger charge is 2.17. The van der Waals surface area contributed by atoms with E-state index >= 15 is 0 Å². The third-order valence-corrected chi connectivity index (χ3v) is 4.90. The summed E-state index contributed by atoms with van der Waals surface area (Å²) in [4.78, 5) is 13.7. The largest absolute Gasteiger partial charge is 0.398 e. The van der Waals surface area contributed by atoms with Crippen LogP contribution in [-0.4, -0.2) is 5.91 Å². The van der Waals surface area contributed by atoms with Crippen LogP contribution in [0.4, 0.5) is 11.4 Å². The zero-order valence-corrected chi connectivity index (χ0v) is 13.0. The van der Waals surface area contributed by atoms with Crippen molar-refractivity contribution < 1.29 is 4.79 Å². The third kappa shape index (κ3) is 2.90. The van der Waals surface area contributed by atoms with Gasteiger partial charge in [-0.25, -0.2) is 0 Å². The molecule has 3 rings (SSSR count). The maximum absolute atomic E-state index is 11.5. The van der Waals surface area contributed by atoms with Crippen molar-refractivity contribution in [2.45, 2.75) is 36.5 Å². The van der Waals surface area contributed by atoms with E-state index in [1.54, 1.807) is 11.8 Å². The quantitative estimate of drug-likeness (QED) is 0.826. The number of hydrogen-bond donors (Lipinski definition) is 2. The van der Waals surface area contributed by atoms with Gasteiger partial charge >= 0.3 is 0 Å². The summed E-state index contributed by atoms with van der Waals surface area (Å²) < 4.78 is 0. The monoisotopic (exact) mass is 298 g/mol. The summed E-state index contributed by atoms with van der Waals surface area (Å²) >= 11 is 1.63. The Morgan fingerprint density at radius 1 is 1.10 bits per heavy atom. The van der Waals surface area contributed by atoms with Crippen molar-refractivity contribution >= 4 is 29.0 Å². The lowest BCUT2D eigenvalue weighted by atomic mass is 10.0. The molecule has 3 N–H and O–H groups in total. The van der Waals surface area contributed by atoms with Crippen molar-refractivity contribution in [1.29, 1.82) is 0 Å². The average Bonchev–Trinajstić information content (AvgIpc) is 2.44. The van der Waals surface area contributed by atoms with E-state index < -0.39 is 0 Å². The van der Waals surface area contributed by atoms with Crippen molar-refractivity contribution in [2.75, 3.05) is 11.1 Å². The lowest BCUT2D eigenvalue weighted by molar-refractivity contribution is -0.116. The van der Waals surface area contributed by atoms with Crippen LogP contribution < -0.4 is 11.1 Å². The highest BCUT2D eigenvalue weighted by Crippen LogP contribution is 2.37. The minimum atomic E-state index is 0.0781. The van der Waals surface area contributed by atoms with Crippen LogP contribution in [0.5, 0.6) is 0 Å². The van der Waals surface area contributed by atoms with Gasteiger partial charge in [-0.15, -0.1) is 0 Å². The van der Waals surface area contributed by atoms with Gasteiger partial charge in [-0.1, -0.05) is 17.8 Å². The minimum Gasteiger partial charge on any atom is -0.398 e. The molecular weight excluding hydrogens is 280 g/mol. The molecule has 0 aromatic heterocycles. The maximum Gasteiger partial charge on any atom is 0.224 e. The zero-order valence-electron chi connectivity index (χ0n) is 12.2. The Labute approximate surface area is 128 Å². The van der Waals surface area contributed by atoms with Gasteiger partial charge in [0.15, 0.2) is 0 Å². The van der Waals surface area contributed by atoms with Gasteiger partial charge in [-0.2, -0.15) is 0 Å². The van der Waals surface area contributed by atoms with E-state index in [1.807, 2.05) is 12.1 Å². The molecule has 1 amide bonds. The molecular formula is C17H18N2OS. The van der Waals surface area contributed by atoms with E-state index in [9.17, 15) is 4.79 Å². The second-order valence-corrected chi connectivity index (χ2v) is 6.56.